The number of aromatic amines is 1. The van der Waals surface area contributed by atoms with Crippen LogP contribution in [0.25, 0.3) is 10.8 Å². The Morgan fingerprint density at radius 1 is 1.60 bits per heavy atom. The van der Waals surface area contributed by atoms with Gasteiger partial charge in [0.05, 0.1) is 6.61 Å². The van der Waals surface area contributed by atoms with Crippen molar-refractivity contribution in [3.8, 4) is 0 Å². The van der Waals surface area contributed by atoms with Crippen LogP contribution in [0.5, 0.6) is 0 Å². The molecule has 0 atom stereocenters. The number of aromatic nitrogens is 2. The molecule has 1 N–H and O–H groups in total. The van der Waals surface area contributed by atoms with Gasteiger partial charge in [-0.25, -0.2) is 4.79 Å². The second-order valence-corrected chi connectivity index (χ2v) is 3.26. The summed E-state index contributed by atoms with van der Waals surface area (Å²) in [6.07, 6.45) is 5.95. The van der Waals surface area contributed by atoms with E-state index in [-0.39, 0.29) is 5.97 Å². The van der Waals surface area contributed by atoms with E-state index < -0.39 is 0 Å². The first-order chi connectivity index (χ1) is 7.33. The highest BCUT2D eigenvalue weighted by Gasteiger charge is 2.12. The van der Waals surface area contributed by atoms with Crippen LogP contribution in [-0.2, 0) is 4.74 Å². The lowest BCUT2D eigenvalue weighted by molar-refractivity contribution is 0.0501. The predicted octanol–water partition coefficient (Wildman–Crippen LogP) is 2.13. The minimum Gasteiger partial charge on any atom is -0.461 e. The van der Waals surface area contributed by atoms with Gasteiger partial charge in [0.15, 0.2) is 0 Å². The fourth-order valence-corrected chi connectivity index (χ4v) is 1.41. The number of pyridine rings is 1. The van der Waals surface area contributed by atoms with E-state index in [1.165, 1.54) is 0 Å². The Morgan fingerprint density at radius 3 is 3.27 bits per heavy atom. The maximum Gasteiger partial charge on any atom is 0.355 e. The van der Waals surface area contributed by atoms with Crippen LogP contribution in [-0.4, -0.2) is 22.5 Å². The summed E-state index contributed by atoms with van der Waals surface area (Å²) in [4.78, 5) is 18.5. The number of nitrogens with zero attached hydrogens (tertiary/aromatic N) is 1. The molecule has 0 aromatic carbocycles. The molecule has 4 heteroatoms. The molecule has 0 spiro atoms. The zero-order valence-electron chi connectivity index (χ0n) is 8.49. The standard InChI is InChI=1S/C11H12N2O2/c1-2-5-15-11(14)10-9-3-4-12-6-8(9)7-13-10/h3-4,6-7,13H,2,5H2,1H3. The van der Waals surface area contributed by atoms with Gasteiger partial charge in [0.1, 0.15) is 5.69 Å². The third-order valence-electron chi connectivity index (χ3n) is 2.13. The van der Waals surface area contributed by atoms with E-state index in [0.717, 1.165) is 17.2 Å². The third-order valence-corrected chi connectivity index (χ3v) is 2.13. The van der Waals surface area contributed by atoms with Crippen LogP contribution in [0.1, 0.15) is 23.8 Å². The molecule has 0 radical (unpaired) electrons. The largest absolute Gasteiger partial charge is 0.461 e. The predicted molar refractivity (Wildman–Crippen MR) is 56.7 cm³/mol. The highest BCUT2D eigenvalue weighted by Crippen LogP contribution is 2.17. The van der Waals surface area contributed by atoms with Gasteiger partial charge in [0.2, 0.25) is 0 Å². The molecule has 2 heterocycles. The number of esters is 1. The molecule has 0 aliphatic heterocycles. The molecule has 2 rings (SSSR count). The van der Waals surface area contributed by atoms with E-state index in [1.54, 1.807) is 24.7 Å². The first-order valence-corrected chi connectivity index (χ1v) is 4.91. The van der Waals surface area contributed by atoms with Gasteiger partial charge in [-0.1, -0.05) is 6.92 Å². The van der Waals surface area contributed by atoms with Crippen LogP contribution >= 0.6 is 0 Å². The molecule has 0 aliphatic rings. The molecule has 0 saturated heterocycles. The summed E-state index contributed by atoms with van der Waals surface area (Å²) in [7, 11) is 0. The summed E-state index contributed by atoms with van der Waals surface area (Å²) in [5.74, 6) is -0.307. The van der Waals surface area contributed by atoms with Crippen molar-refractivity contribution in [2.24, 2.45) is 0 Å². The van der Waals surface area contributed by atoms with Gasteiger partial charge < -0.3 is 9.72 Å². The second kappa shape index (κ2) is 4.13. The van der Waals surface area contributed by atoms with Gasteiger partial charge in [0.25, 0.3) is 0 Å². The van der Waals surface area contributed by atoms with Crippen LogP contribution in [0.15, 0.2) is 24.7 Å². The zero-order valence-corrected chi connectivity index (χ0v) is 8.49. The fraction of sp³-hybridized carbons (Fsp3) is 0.273. The van der Waals surface area contributed by atoms with Crippen LogP contribution in [0.2, 0.25) is 0 Å². The summed E-state index contributed by atoms with van der Waals surface area (Å²) < 4.78 is 5.05. The zero-order chi connectivity index (χ0) is 10.7. The first kappa shape index (κ1) is 9.71. The smallest absolute Gasteiger partial charge is 0.355 e. The number of hydrogen-bond acceptors (Lipinski definition) is 3. The maximum absolute atomic E-state index is 11.6. The van der Waals surface area contributed by atoms with Crippen molar-refractivity contribution in [2.45, 2.75) is 13.3 Å². The fourth-order valence-electron chi connectivity index (χ4n) is 1.41. The Hall–Kier alpha value is -1.84. The van der Waals surface area contributed by atoms with E-state index in [9.17, 15) is 4.79 Å². The highest BCUT2D eigenvalue weighted by molar-refractivity contribution is 6.03. The number of fused-ring (bicyclic) bond motifs is 1. The molecule has 0 unspecified atom stereocenters. The third kappa shape index (κ3) is 1.83. The van der Waals surface area contributed by atoms with Crippen molar-refractivity contribution in [3.05, 3.63) is 30.4 Å². The Labute approximate surface area is 87.3 Å². The average molecular weight is 204 g/mol. The Kier molecular flexibility index (Phi) is 2.67. The minimum absolute atomic E-state index is 0.307. The summed E-state index contributed by atoms with van der Waals surface area (Å²) in [6, 6.07) is 1.80. The van der Waals surface area contributed by atoms with Crippen molar-refractivity contribution >= 4 is 16.7 Å². The molecule has 0 aliphatic carbocycles. The lowest BCUT2D eigenvalue weighted by Crippen LogP contribution is -2.06. The minimum atomic E-state index is -0.307. The van der Waals surface area contributed by atoms with Crippen LogP contribution in [0, 0.1) is 0 Å². The van der Waals surface area contributed by atoms with E-state index in [1.807, 2.05) is 6.92 Å². The maximum atomic E-state index is 11.6. The molecule has 4 nitrogen and oxygen atoms in total. The van der Waals surface area contributed by atoms with Crippen molar-refractivity contribution in [3.63, 3.8) is 0 Å². The summed E-state index contributed by atoms with van der Waals surface area (Å²) in [6.45, 7) is 2.41. The SMILES string of the molecule is CCCOC(=O)c1[nH]cc2cnccc12. The van der Waals surface area contributed by atoms with Gasteiger partial charge in [-0.3, -0.25) is 4.98 Å². The second-order valence-electron chi connectivity index (χ2n) is 3.26. The lowest BCUT2D eigenvalue weighted by Gasteiger charge is -2.00. The van der Waals surface area contributed by atoms with Crippen molar-refractivity contribution < 1.29 is 9.53 Å². The summed E-state index contributed by atoms with van der Waals surface area (Å²) in [5.41, 5.74) is 0.501. The van der Waals surface area contributed by atoms with Gasteiger partial charge in [-0.05, 0) is 12.5 Å². The number of hydrogen-bond donors (Lipinski definition) is 1. The Morgan fingerprint density at radius 2 is 2.47 bits per heavy atom. The van der Waals surface area contributed by atoms with Crippen LogP contribution in [0.3, 0.4) is 0 Å². The molecular formula is C11H12N2O2. The summed E-state index contributed by atoms with van der Waals surface area (Å²) >= 11 is 0. The van der Waals surface area contributed by atoms with Gasteiger partial charge in [-0.2, -0.15) is 0 Å². The molecule has 0 amide bonds. The summed E-state index contributed by atoms with van der Waals surface area (Å²) in [5, 5.41) is 1.77. The number of H-pyrrole nitrogens is 1. The molecule has 0 fully saturated rings. The molecule has 0 bridgehead atoms. The topological polar surface area (TPSA) is 55.0 Å². The number of rotatable bonds is 3. The number of carbonyl (C=O) groups is 1. The number of carbonyl (C=O) groups excluding carboxylic acids is 1. The highest BCUT2D eigenvalue weighted by atomic mass is 16.5. The van der Waals surface area contributed by atoms with Crippen molar-refractivity contribution in [2.75, 3.05) is 6.61 Å². The van der Waals surface area contributed by atoms with Gasteiger partial charge in [-0.15, -0.1) is 0 Å². The van der Waals surface area contributed by atoms with E-state index in [4.69, 9.17) is 4.74 Å². The quantitative estimate of drug-likeness (QED) is 0.779. The van der Waals surface area contributed by atoms with E-state index in [0.29, 0.717) is 12.3 Å². The normalized spacial score (nSPS) is 10.5. The van der Waals surface area contributed by atoms with Gasteiger partial charge >= 0.3 is 5.97 Å². The number of ether oxygens (including phenoxy) is 1. The van der Waals surface area contributed by atoms with Crippen molar-refractivity contribution in [1.82, 2.24) is 9.97 Å². The van der Waals surface area contributed by atoms with Crippen molar-refractivity contribution in [1.29, 1.82) is 0 Å². The van der Waals surface area contributed by atoms with Gasteiger partial charge in [0, 0.05) is 29.4 Å². The van der Waals surface area contributed by atoms with E-state index in [2.05, 4.69) is 9.97 Å². The van der Waals surface area contributed by atoms with E-state index >= 15 is 0 Å². The Balaban J connectivity index is 2.31. The molecule has 2 aromatic heterocycles. The monoisotopic (exact) mass is 204 g/mol. The van der Waals surface area contributed by atoms with Crippen LogP contribution < -0.4 is 0 Å². The molecule has 0 saturated carbocycles. The molecule has 15 heavy (non-hydrogen) atoms. The number of nitrogens with one attached hydrogen (secondary N) is 1. The molecular weight excluding hydrogens is 192 g/mol. The lowest BCUT2D eigenvalue weighted by atomic mass is 10.2. The molecule has 2 aromatic rings. The Bertz CT molecular complexity index is 476. The first-order valence-electron chi connectivity index (χ1n) is 4.91. The average Bonchev–Trinajstić information content (AvgIpc) is 2.69. The van der Waals surface area contributed by atoms with Crippen LogP contribution in [0.4, 0.5) is 0 Å². The molecule has 78 valence electrons.